The third-order valence-corrected chi connectivity index (χ3v) is 17.9. The zero-order chi connectivity index (χ0) is 29.1. The van der Waals surface area contributed by atoms with Gasteiger partial charge >= 0.3 is 0 Å². The van der Waals surface area contributed by atoms with Gasteiger partial charge in [0.2, 0.25) is 0 Å². The van der Waals surface area contributed by atoms with Crippen LogP contribution in [0.2, 0.25) is 53.9 Å². The molecule has 43 heavy (non-hydrogen) atoms. The van der Waals surface area contributed by atoms with E-state index in [0.717, 1.165) is 55.0 Å². The lowest BCUT2D eigenvalue weighted by molar-refractivity contribution is 0.440. The molecule has 0 aliphatic carbocycles. The highest BCUT2D eigenvalue weighted by atomic mass is 31.1. The maximum atomic E-state index is 1.63. The Balaban J connectivity index is 0.881. The molecule has 6 fully saturated rings. The van der Waals surface area contributed by atoms with Gasteiger partial charge < -0.3 is 0 Å². The Morgan fingerprint density at radius 2 is 0.535 bits per heavy atom. The molecule has 242 valence electrons. The SMILES string of the molecule is C(CCB1C2CCCC1CCC2)CCP(CCCCCB1C2CCCC1CCC2)CCCCCB1C2CCCC1CCC2. The van der Waals surface area contributed by atoms with Gasteiger partial charge in [-0.2, -0.15) is 0 Å². The van der Waals surface area contributed by atoms with Gasteiger partial charge in [-0.05, 0) is 37.7 Å². The van der Waals surface area contributed by atoms with Gasteiger partial charge in [0.1, 0.15) is 20.1 Å². The predicted octanol–water partition coefficient (Wildman–Crippen LogP) is 13.8. The normalized spacial score (nSPS) is 33.1. The second-order valence-corrected chi connectivity index (χ2v) is 20.2. The molecule has 6 saturated heterocycles. The first-order valence-corrected chi connectivity index (χ1v) is 23.0. The van der Waals surface area contributed by atoms with Crippen molar-refractivity contribution in [1.29, 1.82) is 0 Å². The Morgan fingerprint density at radius 1 is 0.302 bits per heavy atom. The smallest absolute Gasteiger partial charge is 0.107 e. The van der Waals surface area contributed by atoms with E-state index in [-0.39, 0.29) is 0 Å². The van der Waals surface area contributed by atoms with E-state index in [2.05, 4.69) is 0 Å². The summed E-state index contributed by atoms with van der Waals surface area (Å²) >= 11 is 0. The maximum Gasteiger partial charge on any atom is 0.146 e. The van der Waals surface area contributed by atoms with E-state index in [1.54, 1.807) is 211 Å². The van der Waals surface area contributed by atoms with Gasteiger partial charge in [-0.25, -0.2) is 0 Å². The Bertz CT molecular complexity index is 610. The number of rotatable bonds is 18. The Kier molecular flexibility index (Phi) is 14.2. The average molecular weight is 604 g/mol. The predicted molar refractivity (Wildman–Crippen MR) is 200 cm³/mol. The van der Waals surface area contributed by atoms with Crippen LogP contribution in [0.5, 0.6) is 0 Å². The van der Waals surface area contributed by atoms with Gasteiger partial charge in [0.15, 0.2) is 0 Å². The van der Waals surface area contributed by atoms with Crippen LogP contribution in [-0.4, -0.2) is 38.6 Å². The molecule has 0 atom stereocenters. The molecule has 0 aromatic rings. The molecule has 0 N–H and O–H groups in total. The molecular formula is C39H72B3P. The summed E-state index contributed by atoms with van der Waals surface area (Å²) in [6, 6.07) is 0. The highest BCUT2D eigenvalue weighted by Crippen LogP contribution is 2.50. The van der Waals surface area contributed by atoms with Crippen molar-refractivity contribution >= 4 is 28.1 Å². The molecule has 6 heterocycles. The van der Waals surface area contributed by atoms with Gasteiger partial charge in [-0.1, -0.05) is 208 Å². The van der Waals surface area contributed by atoms with Crippen LogP contribution >= 0.6 is 7.92 Å². The first-order valence-electron chi connectivity index (χ1n) is 21.1. The highest BCUT2D eigenvalue weighted by Gasteiger charge is 2.40. The van der Waals surface area contributed by atoms with Crippen LogP contribution in [0.1, 0.15) is 173 Å². The molecule has 0 saturated carbocycles. The molecular weight excluding hydrogens is 532 g/mol. The lowest BCUT2D eigenvalue weighted by Gasteiger charge is -2.40. The number of unbranched alkanes of at least 4 members (excludes halogenated alkanes) is 6. The van der Waals surface area contributed by atoms with Crippen molar-refractivity contribution in [2.75, 3.05) is 18.5 Å². The second-order valence-electron chi connectivity index (χ2n) is 17.5. The van der Waals surface area contributed by atoms with Crippen LogP contribution in [0.15, 0.2) is 0 Å². The number of fused-ring (bicyclic) bond motifs is 6. The van der Waals surface area contributed by atoms with E-state index in [4.69, 9.17) is 0 Å². The quantitative estimate of drug-likeness (QED) is 0.0830. The largest absolute Gasteiger partial charge is 0.146 e. The fourth-order valence-electron chi connectivity index (χ4n) is 12.9. The summed E-state index contributed by atoms with van der Waals surface area (Å²) in [6.07, 6.45) is 52.1. The van der Waals surface area contributed by atoms with Crippen molar-refractivity contribution in [3.8, 4) is 0 Å². The lowest BCUT2D eigenvalue weighted by Crippen LogP contribution is -2.34. The third kappa shape index (κ3) is 9.82. The summed E-state index contributed by atoms with van der Waals surface area (Å²) in [5.74, 6) is 6.78. The van der Waals surface area contributed by atoms with Crippen molar-refractivity contribution in [3.63, 3.8) is 0 Å². The van der Waals surface area contributed by atoms with E-state index in [9.17, 15) is 0 Å². The van der Waals surface area contributed by atoms with Gasteiger partial charge in [-0.3, -0.25) is 0 Å². The summed E-state index contributed by atoms with van der Waals surface area (Å²) in [5.41, 5.74) is 0. The van der Waals surface area contributed by atoms with Crippen LogP contribution in [0.25, 0.3) is 0 Å². The van der Waals surface area contributed by atoms with Crippen molar-refractivity contribution in [2.45, 2.75) is 227 Å². The topological polar surface area (TPSA) is 0 Å². The van der Waals surface area contributed by atoms with Crippen LogP contribution in [0.4, 0.5) is 0 Å². The van der Waals surface area contributed by atoms with Gasteiger partial charge in [-0.15, -0.1) is 7.92 Å². The van der Waals surface area contributed by atoms with E-state index >= 15 is 0 Å². The van der Waals surface area contributed by atoms with E-state index in [1.807, 2.05) is 0 Å². The monoisotopic (exact) mass is 605 g/mol. The summed E-state index contributed by atoms with van der Waals surface area (Å²) < 4.78 is 0. The molecule has 6 rings (SSSR count). The average Bonchev–Trinajstić information content (AvgIpc) is 2.99. The Morgan fingerprint density at radius 3 is 0.767 bits per heavy atom. The minimum atomic E-state index is 0.317. The summed E-state index contributed by atoms with van der Waals surface area (Å²) in [4.78, 5) is 0. The van der Waals surface area contributed by atoms with E-state index in [1.165, 1.54) is 0 Å². The minimum Gasteiger partial charge on any atom is -0.107 e. The third-order valence-electron chi connectivity index (χ3n) is 15.1. The molecule has 0 aromatic carbocycles. The zero-order valence-corrected chi connectivity index (χ0v) is 29.9. The molecule has 6 bridgehead atoms. The van der Waals surface area contributed by atoms with Crippen molar-refractivity contribution in [3.05, 3.63) is 0 Å². The molecule has 0 amide bonds. The van der Waals surface area contributed by atoms with Gasteiger partial charge in [0, 0.05) is 0 Å². The maximum absolute atomic E-state index is 1.63. The Hall–Kier alpha value is 0.625. The first-order chi connectivity index (χ1) is 21.3. The van der Waals surface area contributed by atoms with Crippen molar-refractivity contribution in [1.82, 2.24) is 0 Å². The molecule has 0 unspecified atom stereocenters. The summed E-state index contributed by atoms with van der Waals surface area (Å²) in [6.45, 7) is 3.41. The lowest BCUT2D eigenvalue weighted by atomic mass is 9.26. The molecule has 0 spiro atoms. The summed E-state index contributed by atoms with van der Waals surface area (Å²) in [7, 11) is 0.317. The highest BCUT2D eigenvalue weighted by molar-refractivity contribution is 7.57. The molecule has 0 radical (unpaired) electrons. The van der Waals surface area contributed by atoms with Crippen LogP contribution < -0.4 is 0 Å². The zero-order valence-electron chi connectivity index (χ0n) is 29.0. The summed E-state index contributed by atoms with van der Waals surface area (Å²) in [5, 5.41) is 0. The van der Waals surface area contributed by atoms with E-state index < -0.39 is 0 Å². The fraction of sp³-hybridized carbons (Fsp3) is 1.00. The first kappa shape index (κ1) is 33.5. The molecule has 6 aliphatic rings. The van der Waals surface area contributed by atoms with Crippen LogP contribution in [-0.2, 0) is 0 Å². The molecule has 6 aliphatic heterocycles. The van der Waals surface area contributed by atoms with E-state index in [0.29, 0.717) is 7.92 Å². The Labute approximate surface area is 273 Å². The molecule has 4 heteroatoms. The standard InChI is InChI=1S/C39H72B3P/c1(4-28-40-34-16-10-17-35(40)19-11-18-34)7-31-43(32-8-2-5-29-41-36-20-12-21-37(41)23-13-22-36)33-9-3-6-30-42-38-24-14-25-39(42)27-15-26-38/h34-39H,1-33H2. The molecule has 0 nitrogen and oxygen atoms in total. The molecule has 0 aromatic heterocycles. The minimum absolute atomic E-state index is 0.317. The van der Waals surface area contributed by atoms with Crippen molar-refractivity contribution in [2.24, 2.45) is 0 Å². The number of hydrogen-bond donors (Lipinski definition) is 0. The van der Waals surface area contributed by atoms with Gasteiger partial charge in [0.25, 0.3) is 0 Å². The van der Waals surface area contributed by atoms with Gasteiger partial charge in [0.05, 0.1) is 0 Å². The van der Waals surface area contributed by atoms with Crippen molar-refractivity contribution < 1.29 is 0 Å². The number of hydrogen-bond acceptors (Lipinski definition) is 0. The van der Waals surface area contributed by atoms with Crippen LogP contribution in [0.3, 0.4) is 0 Å². The fourth-order valence-corrected chi connectivity index (χ4v) is 15.6. The second kappa shape index (κ2) is 18.2. The van der Waals surface area contributed by atoms with Crippen LogP contribution in [0, 0.1) is 0 Å².